The second-order valence-corrected chi connectivity index (χ2v) is 8.17. The van der Waals surface area contributed by atoms with Crippen LogP contribution in [0.5, 0.6) is 0 Å². The van der Waals surface area contributed by atoms with Crippen LogP contribution in [0.3, 0.4) is 0 Å². The Kier molecular flexibility index (Phi) is 6.39. The molecule has 0 aliphatic rings. The maximum atomic E-state index is 13.3. The van der Waals surface area contributed by atoms with E-state index < -0.39 is 17.2 Å². The molecule has 9 heteroatoms. The summed E-state index contributed by atoms with van der Waals surface area (Å²) in [4.78, 5) is 17.7. The van der Waals surface area contributed by atoms with E-state index >= 15 is 0 Å². The summed E-state index contributed by atoms with van der Waals surface area (Å²) in [6.07, 6.45) is -0.975. The van der Waals surface area contributed by atoms with Crippen molar-refractivity contribution in [2.75, 3.05) is 13.2 Å². The number of carbonyl (C=O) groups excluding carboxylic acids is 1. The summed E-state index contributed by atoms with van der Waals surface area (Å²) in [6.45, 7) is 1.70. The van der Waals surface area contributed by atoms with Gasteiger partial charge in [-0.3, -0.25) is 4.79 Å². The SMILES string of the molecule is CC(Cc1ccccc1)(C(=O)NCCO)c1ccnc2c(-c3ccc(C(F)(F)F)cc3)cnn12. The van der Waals surface area contributed by atoms with Crippen LogP contribution in [0.25, 0.3) is 16.8 Å². The Labute approximate surface area is 194 Å². The summed E-state index contributed by atoms with van der Waals surface area (Å²) >= 11 is 0. The molecule has 2 aromatic carbocycles. The van der Waals surface area contributed by atoms with Crippen molar-refractivity contribution in [3.8, 4) is 11.1 Å². The van der Waals surface area contributed by atoms with Crippen LogP contribution in [-0.2, 0) is 22.8 Å². The first-order chi connectivity index (χ1) is 16.2. The molecule has 0 fully saturated rings. The molecule has 1 unspecified atom stereocenters. The quantitative estimate of drug-likeness (QED) is 0.429. The van der Waals surface area contributed by atoms with Gasteiger partial charge in [0, 0.05) is 18.3 Å². The number of amides is 1. The zero-order valence-corrected chi connectivity index (χ0v) is 18.4. The fourth-order valence-electron chi connectivity index (χ4n) is 4.01. The maximum Gasteiger partial charge on any atom is 0.416 e. The van der Waals surface area contributed by atoms with E-state index in [0.717, 1.165) is 17.7 Å². The minimum absolute atomic E-state index is 0.105. The highest BCUT2D eigenvalue weighted by atomic mass is 19.4. The molecule has 0 aliphatic carbocycles. The summed E-state index contributed by atoms with van der Waals surface area (Å²) in [5, 5.41) is 16.4. The average Bonchev–Trinajstić information content (AvgIpc) is 3.27. The Morgan fingerprint density at radius 1 is 1.06 bits per heavy atom. The number of hydrogen-bond acceptors (Lipinski definition) is 4. The lowest BCUT2D eigenvalue weighted by Crippen LogP contribution is -2.46. The van der Waals surface area contributed by atoms with Crippen molar-refractivity contribution in [2.45, 2.75) is 24.9 Å². The van der Waals surface area contributed by atoms with Crippen molar-refractivity contribution >= 4 is 11.6 Å². The minimum atomic E-state index is -4.42. The van der Waals surface area contributed by atoms with Gasteiger partial charge in [-0.05, 0) is 42.7 Å². The van der Waals surface area contributed by atoms with Crippen LogP contribution in [0.4, 0.5) is 13.2 Å². The Balaban J connectivity index is 1.80. The molecular weight excluding hydrogens is 445 g/mol. The molecule has 0 bridgehead atoms. The number of carbonyl (C=O) groups is 1. The van der Waals surface area contributed by atoms with E-state index in [-0.39, 0.29) is 19.1 Å². The number of nitrogens with one attached hydrogen (secondary N) is 1. The zero-order chi connectivity index (χ0) is 24.3. The monoisotopic (exact) mass is 468 g/mol. The Morgan fingerprint density at radius 2 is 1.76 bits per heavy atom. The number of alkyl halides is 3. The lowest BCUT2D eigenvalue weighted by molar-refractivity contribution is -0.137. The number of hydrogen-bond donors (Lipinski definition) is 2. The van der Waals surface area contributed by atoms with Gasteiger partial charge in [0.2, 0.25) is 5.91 Å². The topological polar surface area (TPSA) is 79.5 Å². The molecule has 0 saturated heterocycles. The van der Waals surface area contributed by atoms with Crippen molar-refractivity contribution in [3.63, 3.8) is 0 Å². The van der Waals surface area contributed by atoms with Crippen LogP contribution in [0, 0.1) is 0 Å². The first kappa shape index (κ1) is 23.4. The van der Waals surface area contributed by atoms with Crippen molar-refractivity contribution in [1.82, 2.24) is 19.9 Å². The Hall–Kier alpha value is -3.72. The van der Waals surface area contributed by atoms with Gasteiger partial charge in [-0.1, -0.05) is 42.5 Å². The van der Waals surface area contributed by atoms with E-state index in [4.69, 9.17) is 0 Å². The van der Waals surface area contributed by atoms with Gasteiger partial charge in [0.25, 0.3) is 0 Å². The van der Waals surface area contributed by atoms with E-state index in [1.165, 1.54) is 18.3 Å². The Bertz CT molecular complexity index is 1290. The molecule has 4 rings (SSSR count). The predicted molar refractivity (Wildman–Crippen MR) is 121 cm³/mol. The van der Waals surface area contributed by atoms with Crippen molar-refractivity contribution in [3.05, 3.63) is 89.9 Å². The molecule has 1 amide bonds. The van der Waals surface area contributed by atoms with Crippen LogP contribution in [0.15, 0.2) is 73.1 Å². The molecule has 4 aromatic rings. The molecular formula is C25H23F3N4O2. The van der Waals surface area contributed by atoms with Crippen LogP contribution in [-0.4, -0.2) is 38.8 Å². The molecule has 176 valence electrons. The van der Waals surface area contributed by atoms with E-state index in [9.17, 15) is 23.1 Å². The van der Waals surface area contributed by atoms with Gasteiger partial charge in [0.05, 0.1) is 29.5 Å². The highest BCUT2D eigenvalue weighted by Gasteiger charge is 2.38. The summed E-state index contributed by atoms with van der Waals surface area (Å²) in [6, 6.07) is 16.0. The van der Waals surface area contributed by atoms with E-state index in [1.54, 1.807) is 23.7 Å². The smallest absolute Gasteiger partial charge is 0.395 e. The second-order valence-electron chi connectivity index (χ2n) is 8.17. The van der Waals surface area contributed by atoms with Crippen LogP contribution in [0.1, 0.15) is 23.7 Å². The fraction of sp³-hybridized carbons (Fsp3) is 0.240. The van der Waals surface area contributed by atoms with Crippen LogP contribution < -0.4 is 5.32 Å². The average molecular weight is 468 g/mol. The highest BCUT2D eigenvalue weighted by Crippen LogP contribution is 2.34. The number of nitrogens with zero attached hydrogens (tertiary/aromatic N) is 3. The highest BCUT2D eigenvalue weighted by molar-refractivity contribution is 5.88. The molecule has 2 N–H and O–H groups in total. The van der Waals surface area contributed by atoms with Gasteiger partial charge in [-0.25, -0.2) is 9.50 Å². The van der Waals surface area contributed by atoms with E-state index in [0.29, 0.717) is 28.9 Å². The number of aromatic nitrogens is 3. The second kappa shape index (κ2) is 9.26. The van der Waals surface area contributed by atoms with Gasteiger partial charge in [-0.2, -0.15) is 18.3 Å². The summed E-state index contributed by atoms with van der Waals surface area (Å²) in [7, 11) is 0. The number of halogens is 3. The van der Waals surface area contributed by atoms with Crippen molar-refractivity contribution < 1.29 is 23.1 Å². The molecule has 0 spiro atoms. The molecule has 0 aliphatic heterocycles. The van der Waals surface area contributed by atoms with Gasteiger partial charge in [-0.15, -0.1) is 0 Å². The number of rotatable bonds is 7. The maximum absolute atomic E-state index is 13.3. The minimum Gasteiger partial charge on any atom is -0.395 e. The summed E-state index contributed by atoms with van der Waals surface area (Å²) in [5.41, 5.74) is 1.19. The Morgan fingerprint density at radius 3 is 2.41 bits per heavy atom. The number of aliphatic hydroxyl groups excluding tert-OH is 1. The largest absolute Gasteiger partial charge is 0.416 e. The number of benzene rings is 2. The normalized spacial score (nSPS) is 13.6. The van der Waals surface area contributed by atoms with Gasteiger partial charge in [0.1, 0.15) is 0 Å². The van der Waals surface area contributed by atoms with Crippen LogP contribution >= 0.6 is 0 Å². The third-order valence-corrected chi connectivity index (χ3v) is 5.79. The summed E-state index contributed by atoms with van der Waals surface area (Å²) in [5.74, 6) is -0.288. The van der Waals surface area contributed by atoms with E-state index in [1.807, 2.05) is 30.3 Å². The fourth-order valence-corrected chi connectivity index (χ4v) is 4.01. The number of aliphatic hydroxyl groups is 1. The standard InChI is InChI=1S/C25H23F3N4O2/c1-24(23(34)30-13-14-33,15-17-5-3-2-4-6-17)21-11-12-29-22-20(16-31-32(21)22)18-7-9-19(10-8-18)25(26,27)28/h2-12,16,33H,13-15H2,1H3,(H,30,34). The molecule has 2 aromatic heterocycles. The summed E-state index contributed by atoms with van der Waals surface area (Å²) < 4.78 is 40.4. The molecule has 0 saturated carbocycles. The third kappa shape index (κ3) is 4.51. The first-order valence-corrected chi connectivity index (χ1v) is 10.7. The molecule has 1 atom stereocenters. The molecule has 0 radical (unpaired) electrons. The van der Waals surface area contributed by atoms with Crippen molar-refractivity contribution in [2.24, 2.45) is 0 Å². The van der Waals surface area contributed by atoms with Crippen LogP contribution in [0.2, 0.25) is 0 Å². The third-order valence-electron chi connectivity index (χ3n) is 5.79. The van der Waals surface area contributed by atoms with Crippen molar-refractivity contribution in [1.29, 1.82) is 0 Å². The molecule has 6 nitrogen and oxygen atoms in total. The first-order valence-electron chi connectivity index (χ1n) is 10.7. The predicted octanol–water partition coefficient (Wildman–Crippen LogP) is 4.02. The van der Waals surface area contributed by atoms with E-state index in [2.05, 4.69) is 15.4 Å². The zero-order valence-electron chi connectivity index (χ0n) is 18.4. The van der Waals surface area contributed by atoms with Gasteiger partial charge >= 0.3 is 6.18 Å². The van der Waals surface area contributed by atoms with Gasteiger partial charge < -0.3 is 10.4 Å². The van der Waals surface area contributed by atoms with Gasteiger partial charge in [0.15, 0.2) is 5.65 Å². The number of fused-ring (bicyclic) bond motifs is 1. The lowest BCUT2D eigenvalue weighted by atomic mass is 9.79. The lowest BCUT2D eigenvalue weighted by Gasteiger charge is -2.29. The molecule has 34 heavy (non-hydrogen) atoms. The molecule has 2 heterocycles.